The van der Waals surface area contributed by atoms with Gasteiger partial charge in [-0.15, -0.1) is 0 Å². The van der Waals surface area contributed by atoms with Crippen molar-refractivity contribution in [1.29, 1.82) is 0 Å². The molecule has 1 heterocycles. The topological polar surface area (TPSA) is 37.3 Å². The number of halogens is 4. The summed E-state index contributed by atoms with van der Waals surface area (Å²) in [6.07, 6.45) is -4.52. The van der Waals surface area contributed by atoms with Crippen molar-refractivity contribution in [3.8, 4) is 16.9 Å². The van der Waals surface area contributed by atoms with Crippen LogP contribution in [0.25, 0.3) is 16.9 Å². The van der Waals surface area contributed by atoms with Crippen molar-refractivity contribution in [2.45, 2.75) is 6.18 Å². The minimum Gasteiger partial charge on any atom is -0.359 e. The van der Waals surface area contributed by atoms with Gasteiger partial charge in [-0.05, 0) is 54.1 Å². The Hall–Kier alpha value is -3.52. The van der Waals surface area contributed by atoms with Crippen LogP contribution in [0.15, 0.2) is 95.5 Å². The van der Waals surface area contributed by atoms with Crippen LogP contribution in [-0.2, 0) is 6.18 Å². The molecule has 8 heteroatoms. The second-order valence-corrected chi connectivity index (χ2v) is 8.89. The second-order valence-electron chi connectivity index (χ2n) is 7.98. The summed E-state index contributed by atoms with van der Waals surface area (Å²) in [5.74, 6) is 0.376. The predicted molar refractivity (Wildman–Crippen MR) is 136 cm³/mol. The van der Waals surface area contributed by atoms with E-state index < -0.39 is 11.7 Å². The summed E-state index contributed by atoms with van der Waals surface area (Å²) >= 11 is 3.41. The number of likely N-dealkylation sites (N-methyl/N-ethyl adjacent to an activating group) is 1. The Bertz CT molecular complexity index is 1300. The molecule has 1 aromatic heterocycles. The first-order chi connectivity index (χ1) is 16.8. The van der Waals surface area contributed by atoms with E-state index in [9.17, 15) is 18.0 Å². The van der Waals surface area contributed by atoms with Gasteiger partial charge in [-0.25, -0.2) is 0 Å². The zero-order chi connectivity index (χ0) is 25.0. The highest BCUT2D eigenvalue weighted by molar-refractivity contribution is 9.10. The van der Waals surface area contributed by atoms with Crippen LogP contribution in [0.4, 0.5) is 19.0 Å². The Morgan fingerprint density at radius 2 is 1.57 bits per heavy atom. The average Bonchev–Trinajstić information content (AvgIpc) is 3.29. The maximum absolute atomic E-state index is 13.9. The quantitative estimate of drug-likeness (QED) is 0.279. The smallest absolute Gasteiger partial charge is 0.359 e. The number of aromatic nitrogens is 1. The van der Waals surface area contributed by atoms with Crippen LogP contribution < -0.4 is 10.2 Å². The van der Waals surface area contributed by atoms with E-state index in [1.165, 1.54) is 12.1 Å². The maximum Gasteiger partial charge on any atom is 0.418 e. The average molecular weight is 542 g/mol. The normalized spacial score (nSPS) is 11.3. The number of nitrogens with one attached hydrogen (secondary N) is 1. The van der Waals surface area contributed by atoms with E-state index in [-0.39, 0.29) is 11.6 Å². The lowest BCUT2D eigenvalue weighted by Gasteiger charge is -2.25. The fourth-order valence-corrected chi connectivity index (χ4v) is 4.14. The molecule has 0 radical (unpaired) electrons. The molecule has 3 aromatic carbocycles. The Kier molecular flexibility index (Phi) is 7.31. The third-order valence-corrected chi connectivity index (χ3v) is 6.14. The van der Waals surface area contributed by atoms with Gasteiger partial charge in [-0.2, -0.15) is 13.2 Å². The fraction of sp³-hybridized carbons (Fsp3) is 0.148. The zero-order valence-electron chi connectivity index (χ0n) is 18.9. The van der Waals surface area contributed by atoms with Crippen LogP contribution in [0.3, 0.4) is 0 Å². The molecule has 4 rings (SSSR count). The first-order valence-corrected chi connectivity index (χ1v) is 11.7. The lowest BCUT2D eigenvalue weighted by molar-refractivity contribution is -0.137. The van der Waals surface area contributed by atoms with Gasteiger partial charge in [-0.3, -0.25) is 9.36 Å². The first-order valence-electron chi connectivity index (χ1n) is 10.9. The van der Waals surface area contributed by atoms with E-state index in [1.54, 1.807) is 48.0 Å². The van der Waals surface area contributed by atoms with Crippen LogP contribution in [0, 0.1) is 0 Å². The standard InChI is InChI=1S/C27H23BrF3N3O/c1-33(18-17-32-26(35)20-7-3-2-4-8-20)25-16-15-23(19-11-13-21(28)14-12-19)34(25)24-10-6-5-9-22(24)27(29,30)31/h2-16H,17-18H2,1H3,(H,32,35). The first kappa shape index (κ1) is 24.6. The van der Waals surface area contributed by atoms with Crippen molar-refractivity contribution in [3.63, 3.8) is 0 Å². The highest BCUT2D eigenvalue weighted by Gasteiger charge is 2.34. The van der Waals surface area contributed by atoms with Crippen molar-refractivity contribution in [3.05, 3.63) is 107 Å². The van der Waals surface area contributed by atoms with Crippen molar-refractivity contribution in [1.82, 2.24) is 9.88 Å². The van der Waals surface area contributed by atoms with Gasteiger partial charge >= 0.3 is 6.18 Å². The van der Waals surface area contributed by atoms with E-state index in [4.69, 9.17) is 0 Å². The van der Waals surface area contributed by atoms with Crippen molar-refractivity contribution >= 4 is 27.7 Å². The summed E-state index contributed by atoms with van der Waals surface area (Å²) in [4.78, 5) is 14.2. The SMILES string of the molecule is CN(CCNC(=O)c1ccccc1)c1ccc(-c2ccc(Br)cc2)n1-c1ccccc1C(F)(F)F. The number of hydrogen-bond acceptors (Lipinski definition) is 2. The summed E-state index contributed by atoms with van der Waals surface area (Å²) in [6.45, 7) is 0.723. The molecule has 1 N–H and O–H groups in total. The van der Waals surface area contributed by atoms with Crippen molar-refractivity contribution < 1.29 is 18.0 Å². The molecule has 0 aliphatic carbocycles. The maximum atomic E-state index is 13.9. The van der Waals surface area contributed by atoms with Crippen molar-refractivity contribution in [2.24, 2.45) is 0 Å². The molecule has 0 aliphatic rings. The van der Waals surface area contributed by atoms with Gasteiger partial charge in [0.15, 0.2) is 0 Å². The molecule has 4 aromatic rings. The van der Waals surface area contributed by atoms with Crippen LogP contribution in [0.1, 0.15) is 15.9 Å². The fourth-order valence-electron chi connectivity index (χ4n) is 3.87. The number of hydrogen-bond donors (Lipinski definition) is 1. The third-order valence-electron chi connectivity index (χ3n) is 5.61. The van der Waals surface area contributed by atoms with E-state index in [0.717, 1.165) is 16.1 Å². The van der Waals surface area contributed by atoms with E-state index in [0.29, 0.717) is 30.2 Å². The van der Waals surface area contributed by atoms with Gasteiger partial charge in [0.1, 0.15) is 5.82 Å². The molecule has 4 nitrogen and oxygen atoms in total. The highest BCUT2D eigenvalue weighted by atomic mass is 79.9. The number of carbonyl (C=O) groups excluding carboxylic acids is 1. The monoisotopic (exact) mass is 541 g/mol. The van der Waals surface area contributed by atoms with Crippen LogP contribution in [0.5, 0.6) is 0 Å². The Labute approximate surface area is 210 Å². The van der Waals surface area contributed by atoms with Gasteiger partial charge in [-0.1, -0.05) is 58.4 Å². The van der Waals surface area contributed by atoms with Gasteiger partial charge in [0.25, 0.3) is 5.91 Å². The van der Waals surface area contributed by atoms with E-state index in [2.05, 4.69) is 21.2 Å². The molecule has 0 unspecified atom stereocenters. The number of para-hydroxylation sites is 1. The molecule has 0 fully saturated rings. The largest absolute Gasteiger partial charge is 0.418 e. The van der Waals surface area contributed by atoms with Crippen LogP contribution in [0.2, 0.25) is 0 Å². The third kappa shape index (κ3) is 5.59. The summed E-state index contributed by atoms with van der Waals surface area (Å²) in [7, 11) is 1.79. The molecule has 0 saturated carbocycles. The number of amides is 1. The molecule has 1 amide bonds. The lowest BCUT2D eigenvalue weighted by atomic mass is 10.1. The zero-order valence-corrected chi connectivity index (χ0v) is 20.5. The molecule has 0 spiro atoms. The molecule has 35 heavy (non-hydrogen) atoms. The number of benzene rings is 3. The number of carbonyl (C=O) groups is 1. The lowest BCUT2D eigenvalue weighted by Crippen LogP contribution is -2.33. The van der Waals surface area contributed by atoms with Gasteiger partial charge < -0.3 is 10.2 Å². The molecular formula is C27H23BrF3N3O. The van der Waals surface area contributed by atoms with E-state index in [1.807, 2.05) is 41.3 Å². The predicted octanol–water partition coefficient (Wildman–Crippen LogP) is 6.79. The summed E-state index contributed by atoms with van der Waals surface area (Å²) in [6, 6.07) is 25.4. The minimum atomic E-state index is -4.52. The Balaban J connectivity index is 1.67. The molecule has 0 atom stereocenters. The van der Waals surface area contributed by atoms with Crippen LogP contribution in [-0.4, -0.2) is 30.6 Å². The number of anilines is 1. The molecule has 0 saturated heterocycles. The number of rotatable bonds is 7. The summed E-state index contributed by atoms with van der Waals surface area (Å²) in [5.41, 5.74) is 1.28. The second kappa shape index (κ2) is 10.4. The van der Waals surface area contributed by atoms with Gasteiger partial charge in [0, 0.05) is 30.2 Å². The van der Waals surface area contributed by atoms with Gasteiger partial charge in [0.05, 0.1) is 16.9 Å². The summed E-state index contributed by atoms with van der Waals surface area (Å²) < 4.78 is 44.3. The molecule has 0 aliphatic heterocycles. The Morgan fingerprint density at radius 3 is 2.26 bits per heavy atom. The molecular weight excluding hydrogens is 519 g/mol. The Morgan fingerprint density at radius 1 is 0.914 bits per heavy atom. The summed E-state index contributed by atoms with van der Waals surface area (Å²) in [5, 5.41) is 2.86. The van der Waals surface area contributed by atoms with Crippen molar-refractivity contribution in [2.75, 3.05) is 25.0 Å². The highest BCUT2D eigenvalue weighted by Crippen LogP contribution is 2.38. The number of alkyl halides is 3. The minimum absolute atomic E-state index is 0.0399. The molecule has 0 bridgehead atoms. The molecule has 180 valence electrons. The van der Waals surface area contributed by atoms with E-state index >= 15 is 0 Å². The van der Waals surface area contributed by atoms with Crippen LogP contribution >= 0.6 is 15.9 Å². The van der Waals surface area contributed by atoms with Gasteiger partial charge in [0.2, 0.25) is 0 Å². The number of nitrogens with zero attached hydrogens (tertiary/aromatic N) is 2.